The van der Waals surface area contributed by atoms with Gasteiger partial charge >= 0.3 is 0 Å². The molecule has 1 rings (SSSR count). The Hall–Kier alpha value is 0.900. The molecule has 1 aromatic rings. The van der Waals surface area contributed by atoms with E-state index in [2.05, 4.69) is 31.9 Å². The van der Waals surface area contributed by atoms with Crippen molar-refractivity contribution in [2.45, 2.75) is 17.6 Å². The van der Waals surface area contributed by atoms with Crippen LogP contribution in [-0.2, 0) is 9.84 Å². The molecule has 7 heteroatoms. The summed E-state index contributed by atoms with van der Waals surface area (Å²) in [6.45, 7) is 1.62. The summed E-state index contributed by atoms with van der Waals surface area (Å²) in [5.41, 5.74) is 0.812. The van der Waals surface area contributed by atoms with Crippen molar-refractivity contribution in [3.05, 3.63) is 19.2 Å². The van der Waals surface area contributed by atoms with Crippen LogP contribution in [0.15, 0.2) is 13.6 Å². The van der Waals surface area contributed by atoms with Crippen LogP contribution in [0.1, 0.15) is 17.9 Å². The predicted octanol–water partition coefficient (Wildman–Crippen LogP) is 3.99. The Bertz CT molecular complexity index is 455. The van der Waals surface area contributed by atoms with Crippen molar-refractivity contribution in [2.24, 2.45) is 0 Å². The molecular weight excluding hydrogens is 387 g/mol. The lowest BCUT2D eigenvalue weighted by atomic mass is 10.2. The molecule has 0 saturated heterocycles. The lowest BCUT2D eigenvalue weighted by Crippen LogP contribution is -2.21. The Balaban J connectivity index is 3.05. The largest absolute Gasteiger partial charge is 0.229 e. The molecule has 0 aliphatic heterocycles. The Labute approximate surface area is 115 Å². The first kappa shape index (κ1) is 14.0. The fourth-order valence-corrected chi connectivity index (χ4v) is 5.45. The summed E-state index contributed by atoms with van der Waals surface area (Å²) in [5, 5.41) is -1.13. The fraction of sp³-hybridized carbons (Fsp3) is 0.500. The van der Waals surface area contributed by atoms with Gasteiger partial charge < -0.3 is 0 Å². The van der Waals surface area contributed by atoms with Crippen molar-refractivity contribution in [3.63, 3.8) is 0 Å². The van der Waals surface area contributed by atoms with E-state index in [1.165, 1.54) is 17.6 Å². The molecule has 2 unspecified atom stereocenters. The molecule has 15 heavy (non-hydrogen) atoms. The maximum absolute atomic E-state index is 11.4. The first-order chi connectivity index (χ1) is 6.73. The maximum Gasteiger partial charge on any atom is 0.151 e. The number of alkyl halides is 1. The summed E-state index contributed by atoms with van der Waals surface area (Å²) < 4.78 is 24.5. The number of halogens is 3. The average Bonchev–Trinajstić information content (AvgIpc) is 2.41. The third-order valence-electron chi connectivity index (χ3n) is 2.07. The molecule has 0 saturated carbocycles. The Kier molecular flexibility index (Phi) is 4.69. The summed E-state index contributed by atoms with van der Waals surface area (Å²) in [4.78, 5) is 0. The van der Waals surface area contributed by atoms with E-state index < -0.39 is 20.5 Å². The van der Waals surface area contributed by atoms with Crippen LogP contribution in [0.2, 0.25) is 0 Å². The highest BCUT2D eigenvalue weighted by Crippen LogP contribution is 2.40. The van der Waals surface area contributed by atoms with Crippen LogP contribution in [0.25, 0.3) is 0 Å². The maximum atomic E-state index is 11.4. The second kappa shape index (κ2) is 5.04. The van der Waals surface area contributed by atoms with Crippen LogP contribution in [0.4, 0.5) is 0 Å². The molecule has 2 nitrogen and oxygen atoms in total. The van der Waals surface area contributed by atoms with Gasteiger partial charge in [0, 0.05) is 6.26 Å². The molecule has 1 heterocycles. The SMILES string of the molecule is CC(C(Cl)c1cc(Br)sc1Br)S(C)(=O)=O. The van der Waals surface area contributed by atoms with Crippen molar-refractivity contribution in [1.82, 2.24) is 0 Å². The number of hydrogen-bond donors (Lipinski definition) is 0. The molecule has 0 aromatic carbocycles. The van der Waals surface area contributed by atoms with Crippen LogP contribution in [0.3, 0.4) is 0 Å². The van der Waals surface area contributed by atoms with Gasteiger partial charge in [-0.05, 0) is 50.4 Å². The zero-order chi connectivity index (χ0) is 11.8. The van der Waals surface area contributed by atoms with Crippen LogP contribution in [0, 0.1) is 0 Å². The van der Waals surface area contributed by atoms with Crippen molar-refractivity contribution in [2.75, 3.05) is 6.26 Å². The molecule has 0 fully saturated rings. The second-order valence-electron chi connectivity index (χ2n) is 3.22. The highest BCUT2D eigenvalue weighted by Gasteiger charge is 2.28. The van der Waals surface area contributed by atoms with E-state index >= 15 is 0 Å². The number of thiophene rings is 1. The minimum atomic E-state index is -3.12. The third-order valence-corrected chi connectivity index (χ3v) is 6.84. The van der Waals surface area contributed by atoms with E-state index in [0.717, 1.165) is 13.1 Å². The van der Waals surface area contributed by atoms with Crippen LogP contribution in [0.5, 0.6) is 0 Å². The normalized spacial score (nSPS) is 16.3. The molecule has 0 aliphatic carbocycles. The minimum Gasteiger partial charge on any atom is -0.229 e. The smallest absolute Gasteiger partial charge is 0.151 e. The van der Waals surface area contributed by atoms with Gasteiger partial charge in [0.05, 0.1) is 18.2 Å². The Morgan fingerprint density at radius 3 is 2.33 bits per heavy atom. The van der Waals surface area contributed by atoms with E-state index in [0.29, 0.717) is 0 Å². The molecule has 1 aromatic heterocycles. The number of hydrogen-bond acceptors (Lipinski definition) is 3. The minimum absolute atomic E-state index is 0.531. The standard InChI is InChI=1S/C8H9Br2ClO2S2/c1-4(15(2,12)13)7(11)5-3-6(9)14-8(5)10/h3-4,7H,1-2H3. The van der Waals surface area contributed by atoms with Crippen LogP contribution >= 0.6 is 54.8 Å². The van der Waals surface area contributed by atoms with Gasteiger partial charge in [0.1, 0.15) is 0 Å². The molecular formula is C8H9Br2ClO2S2. The van der Waals surface area contributed by atoms with Crippen molar-refractivity contribution >= 4 is 64.6 Å². The first-order valence-electron chi connectivity index (χ1n) is 4.01. The number of rotatable bonds is 3. The Morgan fingerprint density at radius 2 is 2.00 bits per heavy atom. The molecule has 0 spiro atoms. The predicted molar refractivity (Wildman–Crippen MR) is 72.6 cm³/mol. The average molecular weight is 397 g/mol. The quantitative estimate of drug-likeness (QED) is 0.724. The van der Waals surface area contributed by atoms with E-state index in [1.807, 2.05) is 6.07 Å². The summed E-state index contributed by atoms with van der Waals surface area (Å²) in [6.07, 6.45) is 1.20. The molecule has 0 aliphatic rings. The summed E-state index contributed by atoms with van der Waals surface area (Å²) in [6, 6.07) is 1.84. The number of sulfone groups is 1. The zero-order valence-corrected chi connectivity index (χ0v) is 13.6. The summed E-state index contributed by atoms with van der Waals surface area (Å²) >= 11 is 14.3. The zero-order valence-electron chi connectivity index (χ0n) is 8.00. The third kappa shape index (κ3) is 3.43. The monoisotopic (exact) mass is 394 g/mol. The fourth-order valence-electron chi connectivity index (χ4n) is 1.01. The van der Waals surface area contributed by atoms with Gasteiger partial charge in [-0.1, -0.05) is 0 Å². The molecule has 0 N–H and O–H groups in total. The van der Waals surface area contributed by atoms with E-state index in [9.17, 15) is 8.42 Å². The van der Waals surface area contributed by atoms with Gasteiger partial charge in [-0.25, -0.2) is 8.42 Å². The highest BCUT2D eigenvalue weighted by molar-refractivity contribution is 9.12. The molecule has 0 amide bonds. The van der Waals surface area contributed by atoms with Gasteiger partial charge in [-0.3, -0.25) is 0 Å². The highest BCUT2D eigenvalue weighted by atomic mass is 79.9. The van der Waals surface area contributed by atoms with E-state index in [-0.39, 0.29) is 0 Å². The van der Waals surface area contributed by atoms with Gasteiger partial charge in [0.25, 0.3) is 0 Å². The molecule has 0 radical (unpaired) electrons. The topological polar surface area (TPSA) is 34.1 Å². The summed E-state index contributed by atoms with van der Waals surface area (Å²) in [7, 11) is -3.12. The molecule has 0 bridgehead atoms. The van der Waals surface area contributed by atoms with Crippen LogP contribution in [-0.4, -0.2) is 19.9 Å². The first-order valence-corrected chi connectivity index (χ1v) is 8.80. The van der Waals surface area contributed by atoms with Crippen molar-refractivity contribution in [3.8, 4) is 0 Å². The Morgan fingerprint density at radius 1 is 1.47 bits per heavy atom. The molecule has 2 atom stereocenters. The summed E-state index contributed by atoms with van der Waals surface area (Å²) in [5.74, 6) is 0. The van der Waals surface area contributed by atoms with Gasteiger partial charge in [0.2, 0.25) is 0 Å². The van der Waals surface area contributed by atoms with E-state index in [1.54, 1.807) is 6.92 Å². The molecule has 86 valence electrons. The van der Waals surface area contributed by atoms with E-state index in [4.69, 9.17) is 11.6 Å². The van der Waals surface area contributed by atoms with Crippen molar-refractivity contribution < 1.29 is 8.42 Å². The van der Waals surface area contributed by atoms with Gasteiger partial charge in [0.15, 0.2) is 9.84 Å². The van der Waals surface area contributed by atoms with Gasteiger partial charge in [-0.2, -0.15) is 0 Å². The van der Waals surface area contributed by atoms with Gasteiger partial charge in [-0.15, -0.1) is 22.9 Å². The van der Waals surface area contributed by atoms with Crippen LogP contribution < -0.4 is 0 Å². The lowest BCUT2D eigenvalue weighted by molar-refractivity contribution is 0.587. The van der Waals surface area contributed by atoms with Crippen molar-refractivity contribution in [1.29, 1.82) is 0 Å². The lowest BCUT2D eigenvalue weighted by Gasteiger charge is -2.15. The second-order valence-corrected chi connectivity index (χ2v) is 9.84.